The van der Waals surface area contributed by atoms with Gasteiger partial charge in [0.05, 0.1) is 12.0 Å². The number of nitrogens with one attached hydrogen (secondary N) is 2. The lowest BCUT2D eigenvalue weighted by Gasteiger charge is -2.16. The van der Waals surface area contributed by atoms with Crippen LogP contribution in [-0.4, -0.2) is 17.1 Å². The van der Waals surface area contributed by atoms with Crippen molar-refractivity contribution in [2.24, 2.45) is 5.92 Å². The lowest BCUT2D eigenvalue weighted by molar-refractivity contribution is -0.126. The van der Waals surface area contributed by atoms with Crippen molar-refractivity contribution < 1.29 is 18.7 Å². The van der Waals surface area contributed by atoms with Crippen LogP contribution in [-0.2, 0) is 4.79 Å². The van der Waals surface area contributed by atoms with E-state index in [4.69, 9.17) is 0 Å². The summed E-state index contributed by atoms with van der Waals surface area (Å²) in [6.45, 7) is 0. The molecule has 1 aromatic rings. The quantitative estimate of drug-likeness (QED) is 0.719. The maximum absolute atomic E-state index is 13.3. The molecule has 1 aliphatic carbocycles. The molecule has 0 aliphatic heterocycles. The van der Waals surface area contributed by atoms with Gasteiger partial charge in [0.1, 0.15) is 5.69 Å². The van der Waals surface area contributed by atoms with Crippen molar-refractivity contribution in [2.75, 3.05) is 5.43 Å². The summed E-state index contributed by atoms with van der Waals surface area (Å²) in [4.78, 5) is 11.7. The van der Waals surface area contributed by atoms with E-state index in [0.29, 0.717) is 12.8 Å². The van der Waals surface area contributed by atoms with Crippen molar-refractivity contribution in [1.82, 2.24) is 5.43 Å². The predicted octanol–water partition coefficient (Wildman–Crippen LogP) is 1.57. The normalized spacial score (nSPS) is 22.8. The minimum absolute atomic E-state index is 0.404. The molecule has 1 amide bonds. The van der Waals surface area contributed by atoms with Crippen LogP contribution in [0.4, 0.5) is 14.5 Å². The van der Waals surface area contributed by atoms with Crippen LogP contribution < -0.4 is 10.9 Å². The highest BCUT2D eigenvalue weighted by molar-refractivity contribution is 5.80. The number of anilines is 1. The Morgan fingerprint density at radius 3 is 2.50 bits per heavy atom. The fourth-order valence-electron chi connectivity index (χ4n) is 2.08. The van der Waals surface area contributed by atoms with Crippen LogP contribution in [0.15, 0.2) is 18.2 Å². The van der Waals surface area contributed by atoms with Gasteiger partial charge in [-0.15, -0.1) is 0 Å². The standard InChI is InChI=1S/C12H14F2N2O2/c13-8-4-2-5-9(14)11(8)15-16-12(18)7-3-1-6-10(7)17/h2,4-5,7,10,15,17H,1,3,6H2,(H,16,18). The lowest BCUT2D eigenvalue weighted by atomic mass is 10.1. The number of rotatable bonds is 3. The van der Waals surface area contributed by atoms with Crippen LogP contribution in [0.5, 0.6) is 0 Å². The zero-order chi connectivity index (χ0) is 13.1. The Balaban J connectivity index is 1.97. The van der Waals surface area contributed by atoms with Gasteiger partial charge in [0, 0.05) is 0 Å². The molecule has 1 saturated carbocycles. The van der Waals surface area contributed by atoms with E-state index in [2.05, 4.69) is 10.9 Å². The number of aliphatic hydroxyl groups is 1. The number of benzene rings is 1. The molecule has 1 aliphatic rings. The van der Waals surface area contributed by atoms with Crippen LogP contribution in [0.2, 0.25) is 0 Å². The van der Waals surface area contributed by atoms with Gasteiger partial charge < -0.3 is 5.11 Å². The Morgan fingerprint density at radius 1 is 1.28 bits per heavy atom. The Hall–Kier alpha value is -1.69. The number of hydrazine groups is 1. The minimum atomic E-state index is -0.790. The van der Waals surface area contributed by atoms with E-state index in [0.717, 1.165) is 18.6 Å². The number of para-hydroxylation sites is 1. The summed E-state index contributed by atoms with van der Waals surface area (Å²) >= 11 is 0. The predicted molar refractivity (Wildman–Crippen MR) is 61.5 cm³/mol. The zero-order valence-electron chi connectivity index (χ0n) is 9.62. The number of amides is 1. The highest BCUT2D eigenvalue weighted by atomic mass is 19.1. The van der Waals surface area contributed by atoms with Gasteiger partial charge in [0.15, 0.2) is 11.6 Å². The molecule has 2 unspecified atom stereocenters. The van der Waals surface area contributed by atoms with Crippen LogP contribution in [0, 0.1) is 17.6 Å². The average Bonchev–Trinajstić information content (AvgIpc) is 2.74. The number of carbonyl (C=O) groups is 1. The van der Waals surface area contributed by atoms with E-state index in [1.54, 1.807) is 0 Å². The first-order chi connectivity index (χ1) is 8.59. The van der Waals surface area contributed by atoms with E-state index in [1.165, 1.54) is 6.07 Å². The topological polar surface area (TPSA) is 61.4 Å². The molecule has 2 atom stereocenters. The second-order valence-corrected chi connectivity index (χ2v) is 4.32. The molecule has 18 heavy (non-hydrogen) atoms. The molecular weight excluding hydrogens is 242 g/mol. The first-order valence-electron chi connectivity index (χ1n) is 5.77. The third-order valence-corrected chi connectivity index (χ3v) is 3.09. The van der Waals surface area contributed by atoms with E-state index < -0.39 is 35.3 Å². The third-order valence-electron chi connectivity index (χ3n) is 3.09. The van der Waals surface area contributed by atoms with Gasteiger partial charge in [-0.1, -0.05) is 6.07 Å². The number of hydrogen-bond donors (Lipinski definition) is 3. The molecule has 2 rings (SSSR count). The van der Waals surface area contributed by atoms with Gasteiger partial charge in [0.25, 0.3) is 0 Å². The Labute approximate surface area is 103 Å². The number of halogens is 2. The lowest BCUT2D eigenvalue weighted by Crippen LogP contribution is -2.38. The molecule has 0 spiro atoms. The summed E-state index contributed by atoms with van der Waals surface area (Å²) in [5.74, 6) is -2.56. The average molecular weight is 256 g/mol. The molecular formula is C12H14F2N2O2. The largest absolute Gasteiger partial charge is 0.392 e. The van der Waals surface area contributed by atoms with Crippen LogP contribution >= 0.6 is 0 Å². The van der Waals surface area contributed by atoms with Crippen molar-refractivity contribution in [1.29, 1.82) is 0 Å². The minimum Gasteiger partial charge on any atom is -0.392 e. The van der Waals surface area contributed by atoms with E-state index >= 15 is 0 Å². The summed E-state index contributed by atoms with van der Waals surface area (Å²) < 4.78 is 26.5. The summed E-state index contributed by atoms with van der Waals surface area (Å²) in [6.07, 6.45) is 1.24. The molecule has 3 N–H and O–H groups in total. The fourth-order valence-corrected chi connectivity index (χ4v) is 2.08. The van der Waals surface area contributed by atoms with Crippen LogP contribution in [0.25, 0.3) is 0 Å². The monoisotopic (exact) mass is 256 g/mol. The smallest absolute Gasteiger partial charge is 0.244 e. The van der Waals surface area contributed by atoms with Gasteiger partial charge in [-0.3, -0.25) is 15.6 Å². The molecule has 0 aromatic heterocycles. The van der Waals surface area contributed by atoms with Crippen LogP contribution in [0.1, 0.15) is 19.3 Å². The second kappa shape index (κ2) is 5.30. The van der Waals surface area contributed by atoms with Crippen molar-refractivity contribution in [3.63, 3.8) is 0 Å². The second-order valence-electron chi connectivity index (χ2n) is 4.32. The van der Waals surface area contributed by atoms with Gasteiger partial charge in [-0.05, 0) is 31.4 Å². The number of carbonyl (C=O) groups excluding carboxylic acids is 1. The fraction of sp³-hybridized carbons (Fsp3) is 0.417. The number of hydrogen-bond acceptors (Lipinski definition) is 3. The van der Waals surface area contributed by atoms with E-state index in [1.807, 2.05) is 0 Å². The molecule has 0 bridgehead atoms. The highest BCUT2D eigenvalue weighted by Crippen LogP contribution is 2.25. The zero-order valence-corrected chi connectivity index (χ0v) is 9.62. The molecule has 0 heterocycles. The first kappa shape index (κ1) is 12.8. The molecule has 6 heteroatoms. The van der Waals surface area contributed by atoms with E-state index in [9.17, 15) is 18.7 Å². The van der Waals surface area contributed by atoms with Crippen molar-refractivity contribution >= 4 is 11.6 Å². The summed E-state index contributed by atoms with van der Waals surface area (Å²) in [7, 11) is 0. The third kappa shape index (κ3) is 2.59. The van der Waals surface area contributed by atoms with Gasteiger partial charge >= 0.3 is 0 Å². The Kier molecular flexibility index (Phi) is 3.76. The Morgan fingerprint density at radius 2 is 1.94 bits per heavy atom. The van der Waals surface area contributed by atoms with Gasteiger partial charge in [0.2, 0.25) is 5.91 Å². The summed E-state index contributed by atoms with van der Waals surface area (Å²) in [5, 5.41) is 9.53. The van der Waals surface area contributed by atoms with Crippen LogP contribution in [0.3, 0.4) is 0 Å². The molecule has 1 fully saturated rings. The van der Waals surface area contributed by atoms with Crippen molar-refractivity contribution in [3.05, 3.63) is 29.8 Å². The molecule has 4 nitrogen and oxygen atoms in total. The molecule has 0 saturated heterocycles. The maximum Gasteiger partial charge on any atom is 0.244 e. The maximum atomic E-state index is 13.3. The first-order valence-corrected chi connectivity index (χ1v) is 5.77. The molecule has 1 aromatic carbocycles. The highest BCUT2D eigenvalue weighted by Gasteiger charge is 2.31. The molecule has 0 radical (unpaired) electrons. The van der Waals surface area contributed by atoms with Crippen molar-refractivity contribution in [3.8, 4) is 0 Å². The SMILES string of the molecule is O=C(NNc1c(F)cccc1F)C1CCCC1O. The van der Waals surface area contributed by atoms with Crippen molar-refractivity contribution in [2.45, 2.75) is 25.4 Å². The summed E-state index contributed by atoms with van der Waals surface area (Å²) in [6, 6.07) is 3.41. The Bertz CT molecular complexity index is 433. The number of aliphatic hydroxyl groups excluding tert-OH is 1. The molecule has 98 valence electrons. The van der Waals surface area contributed by atoms with Gasteiger partial charge in [-0.25, -0.2) is 8.78 Å². The summed E-state index contributed by atoms with van der Waals surface area (Å²) in [5.41, 5.74) is 4.04. The van der Waals surface area contributed by atoms with Gasteiger partial charge in [-0.2, -0.15) is 0 Å². The van der Waals surface area contributed by atoms with E-state index in [-0.39, 0.29) is 0 Å².